The average molecular weight is 1100 g/mol. The van der Waals surface area contributed by atoms with Crippen molar-refractivity contribution in [1.29, 1.82) is 0 Å². The number of aliphatic hydroxyl groups excluding tert-OH is 11. The van der Waals surface area contributed by atoms with Crippen LogP contribution in [0, 0.1) is 35.5 Å². The maximum Gasteiger partial charge on any atom is 0.166 e. The number of carbonyl (C=O) groups is 6. The lowest BCUT2D eigenvalue weighted by molar-refractivity contribution is -0.136. The minimum Gasteiger partial charge on any atom is -0.396 e. The summed E-state index contributed by atoms with van der Waals surface area (Å²) in [6.07, 6.45) is -9.95. The van der Waals surface area contributed by atoms with Gasteiger partial charge in [0.2, 0.25) is 0 Å². The first-order valence-corrected chi connectivity index (χ1v) is 25.1. The van der Waals surface area contributed by atoms with Crippen molar-refractivity contribution in [3.8, 4) is 0 Å². The van der Waals surface area contributed by atoms with Crippen molar-refractivity contribution in [3.63, 3.8) is 0 Å². The lowest BCUT2D eigenvalue weighted by atomic mass is 9.96. The highest BCUT2D eigenvalue weighted by Gasteiger charge is 2.32. The topological polar surface area (TPSA) is 585 Å². The van der Waals surface area contributed by atoms with E-state index in [1.165, 1.54) is 0 Å². The van der Waals surface area contributed by atoms with Gasteiger partial charge in [-0.3, -0.25) is 28.8 Å². The van der Waals surface area contributed by atoms with Crippen LogP contribution in [0.5, 0.6) is 0 Å². The van der Waals surface area contributed by atoms with E-state index in [-0.39, 0.29) is 97.2 Å². The molecule has 0 aromatic carbocycles. The molecule has 0 radical (unpaired) electrons. The fourth-order valence-electron chi connectivity index (χ4n) is 5.29. The summed E-state index contributed by atoms with van der Waals surface area (Å²) >= 11 is 0. The van der Waals surface area contributed by atoms with Gasteiger partial charge in [0.25, 0.3) is 0 Å². The third-order valence-electron chi connectivity index (χ3n) is 10.9. The van der Waals surface area contributed by atoms with Crippen molar-refractivity contribution in [2.75, 3.05) is 39.4 Å². The van der Waals surface area contributed by atoms with Gasteiger partial charge in [-0.2, -0.15) is 0 Å². The van der Waals surface area contributed by atoms with E-state index in [0.717, 1.165) is 0 Å². The highest BCUT2D eigenvalue weighted by atomic mass is 16.3. The summed E-state index contributed by atoms with van der Waals surface area (Å²) in [7, 11) is 0. The van der Waals surface area contributed by atoms with E-state index in [0.29, 0.717) is 19.5 Å². The fourth-order valence-corrected chi connectivity index (χ4v) is 5.29. The Morgan fingerprint density at radius 2 is 0.680 bits per heavy atom. The predicted molar refractivity (Wildman–Crippen MR) is 285 cm³/mol. The summed E-state index contributed by atoms with van der Waals surface area (Å²) in [4.78, 5) is 67.1. The van der Waals surface area contributed by atoms with E-state index in [4.69, 9.17) is 77.8 Å². The van der Waals surface area contributed by atoms with Gasteiger partial charge in [0.15, 0.2) is 34.7 Å². The Morgan fingerprint density at radius 1 is 0.373 bits per heavy atom. The number of Topliss-reactive ketones (excluding diaryl/α,β-unsaturated/α-hetero) is 6. The molecule has 27 nitrogen and oxygen atoms in total. The van der Waals surface area contributed by atoms with E-state index < -0.39 is 103 Å². The number of nitrogens with two attached hydrogens (primary N) is 10. The van der Waals surface area contributed by atoms with Crippen LogP contribution < -0.4 is 57.3 Å². The van der Waals surface area contributed by atoms with Crippen molar-refractivity contribution < 1.29 is 84.9 Å². The SMILES string of the molecule is CC(C)C(=O)[C@@H](O)C(N)C(O)CN.CC(C)C(=O)[C@@H](O)C(N)C(O)CO.CC(C)C(=O)[C@@H](O)C(N)CCN.CC(C)C(=O)[C@@H](O)C(N)CCO.CC(C)C(=O)[C@@H](O)C(O)C(N)CN.CC(C)C(=O)[C@@H](O)CC(N)CN. The Hall–Kier alpha value is -2.82. The van der Waals surface area contributed by atoms with Crippen molar-refractivity contribution in [1.82, 2.24) is 0 Å². The monoisotopic (exact) mass is 1090 g/mol. The Labute approximate surface area is 444 Å². The molecular weight excluding hydrogens is 989 g/mol. The highest BCUT2D eigenvalue weighted by Crippen LogP contribution is 2.09. The molecule has 31 N–H and O–H groups in total. The molecule has 0 aliphatic carbocycles. The average Bonchev–Trinajstić information content (AvgIpc) is 3.37. The Bertz CT molecular complexity index is 1400. The van der Waals surface area contributed by atoms with Crippen LogP contribution in [0.3, 0.4) is 0 Å². The molecule has 0 amide bonds. The summed E-state index contributed by atoms with van der Waals surface area (Å²) in [6, 6.07) is -4.35. The maximum absolute atomic E-state index is 11.2. The molecule has 0 aliphatic heterocycles. The van der Waals surface area contributed by atoms with E-state index in [9.17, 15) is 64.5 Å². The lowest BCUT2D eigenvalue weighted by Gasteiger charge is -2.22. The highest BCUT2D eigenvalue weighted by molar-refractivity contribution is 5.87. The van der Waals surface area contributed by atoms with Crippen molar-refractivity contribution in [3.05, 3.63) is 0 Å². The van der Waals surface area contributed by atoms with Crippen molar-refractivity contribution >= 4 is 34.7 Å². The molecule has 0 aliphatic rings. The van der Waals surface area contributed by atoms with Crippen LogP contribution in [0.4, 0.5) is 0 Å². The molecule has 0 spiro atoms. The second-order valence-corrected chi connectivity index (χ2v) is 19.8. The molecule has 0 bridgehead atoms. The van der Waals surface area contributed by atoms with E-state index in [1.807, 2.05) is 0 Å². The quantitative estimate of drug-likeness (QED) is 0.0318. The smallest absolute Gasteiger partial charge is 0.166 e. The number of hydrogen-bond donors (Lipinski definition) is 21. The molecule has 450 valence electrons. The van der Waals surface area contributed by atoms with Crippen LogP contribution in [0.15, 0.2) is 0 Å². The molecule has 27 heteroatoms. The molecule has 0 saturated carbocycles. The summed E-state index contributed by atoms with van der Waals surface area (Å²) in [5.41, 5.74) is 53.3. The van der Waals surface area contributed by atoms with Gasteiger partial charge in [-0.1, -0.05) is 83.1 Å². The zero-order chi connectivity index (χ0) is 61.0. The van der Waals surface area contributed by atoms with Crippen molar-refractivity contribution in [2.45, 2.75) is 194 Å². The first-order valence-electron chi connectivity index (χ1n) is 25.1. The van der Waals surface area contributed by atoms with Crippen LogP contribution in [-0.4, -0.2) is 221 Å². The number of rotatable bonds is 30. The molecule has 0 heterocycles. The number of ketones is 6. The Balaban J connectivity index is -0.000000191. The predicted octanol–water partition coefficient (Wildman–Crippen LogP) is -7.53. The zero-order valence-electron chi connectivity index (χ0n) is 46.6. The van der Waals surface area contributed by atoms with Gasteiger partial charge in [0, 0.05) is 85.9 Å². The molecule has 0 fully saturated rings. The minimum atomic E-state index is -1.43. The normalized spacial score (nSPS) is 17.3. The number of carbonyl (C=O) groups excluding carboxylic acids is 6. The van der Waals surface area contributed by atoms with Crippen LogP contribution in [-0.2, 0) is 28.8 Å². The van der Waals surface area contributed by atoms with Crippen LogP contribution >= 0.6 is 0 Å². The fraction of sp³-hybridized carbons (Fsp3) is 0.875. The van der Waals surface area contributed by atoms with Gasteiger partial charge in [-0.15, -0.1) is 0 Å². The van der Waals surface area contributed by atoms with Crippen LogP contribution in [0.2, 0.25) is 0 Å². The first kappa shape index (κ1) is 83.5. The van der Waals surface area contributed by atoms with Gasteiger partial charge < -0.3 is 114 Å². The summed E-state index contributed by atoms with van der Waals surface area (Å²) in [5.74, 6) is -3.38. The molecule has 0 saturated heterocycles. The summed E-state index contributed by atoms with van der Waals surface area (Å²) in [6.45, 7) is 20.2. The van der Waals surface area contributed by atoms with Gasteiger partial charge in [0.1, 0.15) is 42.7 Å². The third-order valence-corrected chi connectivity index (χ3v) is 10.9. The standard InChI is InChI=1S/2C8H18N2O3.2C8H18N2O2.C8H17NO4.C8H17NO3/c1-4(2)7(12)8(13)6(10)5(11)3-9;1-4(2)6(11)8(13)7(12)5(10)3-9;1-5(2)8(12)7(11)3-6(10)4-9;1-5(2)7(11)8(12)6(10)3-4-9;1-4(2)7(12)8(13)6(9)5(11)3-10;1-5(2)7(11)8(12)6(9)3-4-10/h4-6,8,11,13H,3,9-10H2,1-2H3;4-5,7-8,12-13H,3,9-10H2,1-2H3;5-7,11H,3-4,9-10H2,1-2H3;5-6,8,12H,3-4,9-10H2,1-2H3;4-6,8,10-11,13H,3,9H2,1-2H3;5-6,8,10,12H,3-4,9H2,1-2H3/t5?,6?,8-;5?,7?,8-;6?,7-;6?,8-;5?,6?,8-;6?,8-/m010000/s1. The minimum absolute atomic E-state index is 0.0314. The second-order valence-electron chi connectivity index (χ2n) is 19.8. The molecule has 9 unspecified atom stereocenters. The van der Waals surface area contributed by atoms with E-state index in [2.05, 4.69) is 0 Å². The van der Waals surface area contributed by atoms with Gasteiger partial charge in [-0.25, -0.2) is 0 Å². The summed E-state index contributed by atoms with van der Waals surface area (Å²) in [5, 5.41) is 101. The second kappa shape index (κ2) is 46.1. The van der Waals surface area contributed by atoms with Crippen LogP contribution in [0.1, 0.15) is 102 Å². The molecule has 0 aromatic heterocycles. The van der Waals surface area contributed by atoms with Gasteiger partial charge in [-0.05, 0) is 25.8 Å². The largest absolute Gasteiger partial charge is 0.396 e. The van der Waals surface area contributed by atoms with Gasteiger partial charge in [0.05, 0.1) is 30.9 Å². The molecular formula is C48H106N10O17. The molecule has 0 aromatic rings. The zero-order valence-corrected chi connectivity index (χ0v) is 46.6. The van der Waals surface area contributed by atoms with Crippen LogP contribution in [0.25, 0.3) is 0 Å². The lowest BCUT2D eigenvalue weighted by Crippen LogP contribution is -2.52. The van der Waals surface area contributed by atoms with Crippen molar-refractivity contribution in [2.24, 2.45) is 92.8 Å². The third kappa shape index (κ3) is 37.6. The Kier molecular flexibility index (Phi) is 51.4. The molecule has 0 rings (SSSR count). The first-order chi connectivity index (χ1) is 34.2. The Morgan fingerprint density at radius 3 is 0.947 bits per heavy atom. The number of aliphatic hydroxyl groups is 11. The van der Waals surface area contributed by atoms with E-state index >= 15 is 0 Å². The molecule has 15 atom stereocenters. The van der Waals surface area contributed by atoms with E-state index in [1.54, 1.807) is 83.1 Å². The number of hydrogen-bond acceptors (Lipinski definition) is 27. The molecule has 75 heavy (non-hydrogen) atoms. The maximum atomic E-state index is 11.2. The van der Waals surface area contributed by atoms with Gasteiger partial charge >= 0.3 is 0 Å². The summed E-state index contributed by atoms with van der Waals surface area (Å²) < 4.78 is 0.